The summed E-state index contributed by atoms with van der Waals surface area (Å²) < 4.78 is 6.22. The Kier molecular flexibility index (Phi) is 2.60. The Morgan fingerprint density at radius 3 is 2.65 bits per heavy atom. The highest BCUT2D eigenvalue weighted by molar-refractivity contribution is 6.12. The zero-order valence-electron chi connectivity index (χ0n) is 16.2. The zero-order valence-corrected chi connectivity index (χ0v) is 16.2. The molecule has 26 heavy (non-hydrogen) atoms. The normalized spacial score (nSPS) is 61.2. The minimum atomic E-state index is -1.37. The molecule has 4 heteroatoms. The molecule has 0 aromatic heterocycles. The van der Waals surface area contributed by atoms with Gasteiger partial charge in [-0.1, -0.05) is 26.3 Å². The van der Waals surface area contributed by atoms with Crippen LogP contribution < -0.4 is 0 Å². The maximum atomic E-state index is 13.5. The molecule has 9 atom stereocenters. The van der Waals surface area contributed by atoms with Crippen molar-refractivity contribution in [3.63, 3.8) is 0 Å². The van der Waals surface area contributed by atoms with E-state index in [1.807, 2.05) is 0 Å². The van der Waals surface area contributed by atoms with E-state index in [0.717, 1.165) is 31.3 Å². The predicted octanol–water partition coefficient (Wildman–Crippen LogP) is 2.68. The van der Waals surface area contributed by atoms with Gasteiger partial charge < -0.3 is 14.9 Å². The van der Waals surface area contributed by atoms with E-state index in [1.165, 1.54) is 5.57 Å². The van der Waals surface area contributed by atoms with Crippen molar-refractivity contribution in [1.29, 1.82) is 0 Å². The van der Waals surface area contributed by atoms with Crippen molar-refractivity contribution in [2.45, 2.75) is 65.3 Å². The fourth-order valence-corrected chi connectivity index (χ4v) is 9.45. The highest BCUT2D eigenvalue weighted by Gasteiger charge is 2.89. The number of hydrogen-bond acceptors (Lipinski definition) is 4. The molecule has 4 nitrogen and oxygen atoms in total. The number of ether oxygens (including phenoxy) is 1. The minimum Gasteiger partial charge on any atom is -0.392 e. The van der Waals surface area contributed by atoms with Gasteiger partial charge in [0.1, 0.15) is 0 Å². The van der Waals surface area contributed by atoms with Crippen molar-refractivity contribution in [2.75, 3.05) is 6.61 Å². The molecule has 2 saturated heterocycles. The van der Waals surface area contributed by atoms with Gasteiger partial charge in [0.05, 0.1) is 18.1 Å². The average Bonchev–Trinajstić information content (AvgIpc) is 2.58. The number of allylic oxidation sites excluding steroid dienone is 2. The molecule has 0 aromatic rings. The SMILES string of the molecule is CC1=C2C(=O)C34C2C1CCC3C12COC4(O)C(C)C1C(C)(C)CCC2O. The second kappa shape index (κ2) is 4.16. The van der Waals surface area contributed by atoms with Crippen LogP contribution in [0.2, 0.25) is 0 Å². The van der Waals surface area contributed by atoms with Crippen molar-refractivity contribution in [3.05, 3.63) is 11.1 Å². The predicted molar refractivity (Wildman–Crippen MR) is 94.9 cm³/mol. The molecule has 9 unspecified atom stereocenters. The highest BCUT2D eigenvalue weighted by Crippen LogP contribution is 2.83. The second-order valence-electron chi connectivity index (χ2n) is 10.9. The van der Waals surface area contributed by atoms with Crippen molar-refractivity contribution in [3.8, 4) is 0 Å². The number of ketones is 1. The molecule has 2 heterocycles. The summed E-state index contributed by atoms with van der Waals surface area (Å²) in [6.07, 6.45) is 3.32. The molecule has 4 saturated carbocycles. The van der Waals surface area contributed by atoms with E-state index in [1.54, 1.807) is 0 Å². The van der Waals surface area contributed by atoms with Gasteiger partial charge in [-0.15, -0.1) is 0 Å². The van der Waals surface area contributed by atoms with E-state index in [4.69, 9.17) is 4.74 Å². The van der Waals surface area contributed by atoms with Crippen molar-refractivity contribution < 1.29 is 19.7 Å². The Labute approximate surface area is 155 Å². The molecule has 7 aliphatic rings. The molecule has 2 N–H and O–H groups in total. The molecular weight excluding hydrogens is 328 g/mol. The van der Waals surface area contributed by atoms with E-state index in [2.05, 4.69) is 27.7 Å². The van der Waals surface area contributed by atoms with Crippen LogP contribution in [0.4, 0.5) is 0 Å². The first-order valence-electron chi connectivity index (χ1n) is 10.5. The molecule has 142 valence electrons. The average molecular weight is 358 g/mol. The van der Waals surface area contributed by atoms with Crippen molar-refractivity contribution in [1.82, 2.24) is 0 Å². The van der Waals surface area contributed by atoms with Gasteiger partial charge in [-0.25, -0.2) is 0 Å². The summed E-state index contributed by atoms with van der Waals surface area (Å²) in [6.45, 7) is 9.14. The maximum absolute atomic E-state index is 13.5. The van der Waals surface area contributed by atoms with E-state index in [0.29, 0.717) is 12.5 Å². The number of carbonyl (C=O) groups is 1. The lowest BCUT2D eigenvalue weighted by molar-refractivity contribution is -0.455. The lowest BCUT2D eigenvalue weighted by Gasteiger charge is -2.82. The van der Waals surface area contributed by atoms with Gasteiger partial charge in [-0.05, 0) is 55.8 Å². The largest absolute Gasteiger partial charge is 0.392 e. The summed E-state index contributed by atoms with van der Waals surface area (Å²) >= 11 is 0. The quantitative estimate of drug-likeness (QED) is 0.699. The lowest BCUT2D eigenvalue weighted by Crippen LogP contribution is -2.88. The van der Waals surface area contributed by atoms with Gasteiger partial charge in [0.15, 0.2) is 11.6 Å². The molecule has 0 radical (unpaired) electrons. The van der Waals surface area contributed by atoms with Crippen LogP contribution in [0.25, 0.3) is 0 Å². The van der Waals surface area contributed by atoms with Crippen LogP contribution in [0.5, 0.6) is 0 Å². The van der Waals surface area contributed by atoms with Gasteiger partial charge in [-0.2, -0.15) is 0 Å². The fraction of sp³-hybridized carbons (Fsp3) is 0.864. The molecule has 2 aliphatic heterocycles. The Morgan fingerprint density at radius 2 is 1.92 bits per heavy atom. The van der Waals surface area contributed by atoms with E-state index >= 15 is 0 Å². The van der Waals surface area contributed by atoms with Crippen LogP contribution in [0, 0.1) is 45.8 Å². The van der Waals surface area contributed by atoms with Gasteiger partial charge >= 0.3 is 0 Å². The summed E-state index contributed by atoms with van der Waals surface area (Å²) in [5.74, 6) is -0.533. The molecule has 6 fully saturated rings. The zero-order chi connectivity index (χ0) is 18.4. The minimum absolute atomic E-state index is 0.0376. The van der Waals surface area contributed by atoms with E-state index < -0.39 is 17.3 Å². The Bertz CT molecular complexity index is 783. The second-order valence-corrected chi connectivity index (χ2v) is 10.9. The van der Waals surface area contributed by atoms with E-state index in [9.17, 15) is 15.0 Å². The molecule has 2 bridgehead atoms. The van der Waals surface area contributed by atoms with Gasteiger partial charge in [0, 0.05) is 22.8 Å². The summed E-state index contributed by atoms with van der Waals surface area (Å²) in [5, 5.41) is 23.3. The number of fused-ring (bicyclic) bond motifs is 1. The topological polar surface area (TPSA) is 66.8 Å². The lowest BCUT2D eigenvalue weighted by atomic mass is 9.24. The van der Waals surface area contributed by atoms with E-state index in [-0.39, 0.29) is 40.3 Å². The van der Waals surface area contributed by atoms with Crippen LogP contribution in [-0.4, -0.2) is 34.5 Å². The summed E-state index contributed by atoms with van der Waals surface area (Å²) in [7, 11) is 0. The van der Waals surface area contributed by atoms with Crippen LogP contribution in [0.15, 0.2) is 11.1 Å². The third kappa shape index (κ3) is 1.20. The third-order valence-corrected chi connectivity index (χ3v) is 10.1. The summed E-state index contributed by atoms with van der Waals surface area (Å²) in [5.41, 5.74) is 1.08. The monoisotopic (exact) mass is 358 g/mol. The van der Waals surface area contributed by atoms with Gasteiger partial charge in [-0.3, -0.25) is 4.79 Å². The standard InChI is InChI=1S/C22H30O4/c1-10-12-5-6-13-20-9-26-22(25,21(13)16(12)15(10)18(21)24)11(2)17(20)19(3,4)8-7-14(20)23/h11-14,16-17,23,25H,5-9H2,1-4H3. The van der Waals surface area contributed by atoms with Crippen LogP contribution >= 0.6 is 0 Å². The first-order chi connectivity index (χ1) is 12.2. The number of hydrogen-bond donors (Lipinski definition) is 2. The Morgan fingerprint density at radius 1 is 1.19 bits per heavy atom. The number of aliphatic hydroxyl groups excluding tert-OH is 1. The Balaban J connectivity index is 1.62. The molecule has 7 rings (SSSR count). The first-order valence-corrected chi connectivity index (χ1v) is 10.5. The molecule has 0 aromatic carbocycles. The third-order valence-electron chi connectivity index (χ3n) is 10.1. The molecule has 2 spiro atoms. The number of aliphatic hydroxyl groups is 2. The number of rotatable bonds is 0. The van der Waals surface area contributed by atoms with Crippen molar-refractivity contribution >= 4 is 5.78 Å². The Hall–Kier alpha value is -0.710. The summed E-state index contributed by atoms with van der Waals surface area (Å²) in [4.78, 5) is 13.5. The molecule has 5 aliphatic carbocycles. The first kappa shape index (κ1) is 16.3. The molecule has 0 amide bonds. The maximum Gasteiger partial charge on any atom is 0.182 e. The van der Waals surface area contributed by atoms with Crippen LogP contribution in [0.3, 0.4) is 0 Å². The fourth-order valence-electron chi connectivity index (χ4n) is 9.45. The van der Waals surface area contributed by atoms with Gasteiger partial charge in [0.2, 0.25) is 0 Å². The van der Waals surface area contributed by atoms with Gasteiger partial charge in [0.25, 0.3) is 0 Å². The molecular formula is C22H30O4. The number of Topliss-reactive ketones (excluding diaryl/α,β-unsaturated/α-hetero) is 1. The highest BCUT2D eigenvalue weighted by atomic mass is 16.6. The van der Waals surface area contributed by atoms with Crippen LogP contribution in [0.1, 0.15) is 53.4 Å². The van der Waals surface area contributed by atoms with Crippen molar-refractivity contribution in [2.24, 2.45) is 45.8 Å². The van der Waals surface area contributed by atoms with Crippen LogP contribution in [-0.2, 0) is 9.53 Å². The smallest absolute Gasteiger partial charge is 0.182 e. The summed E-state index contributed by atoms with van der Waals surface area (Å²) in [6, 6.07) is 0. The number of carbonyl (C=O) groups excluding carboxylic acids is 1.